The van der Waals surface area contributed by atoms with E-state index in [0.29, 0.717) is 19.6 Å². The molecule has 1 aromatic carbocycles. The van der Waals surface area contributed by atoms with E-state index in [0.717, 1.165) is 63.0 Å². The van der Waals surface area contributed by atoms with Crippen LogP contribution in [0.25, 0.3) is 0 Å². The Morgan fingerprint density at radius 2 is 1.68 bits per heavy atom. The van der Waals surface area contributed by atoms with Crippen molar-refractivity contribution >= 4 is 17.5 Å². The maximum Gasteiger partial charge on any atom is 0.236 e. The monoisotopic (exact) mass is 429 g/mol. The quantitative estimate of drug-likeness (QED) is 0.800. The van der Waals surface area contributed by atoms with Crippen LogP contribution < -0.4 is 4.90 Å². The molecule has 2 heterocycles. The van der Waals surface area contributed by atoms with Gasteiger partial charge in [-0.2, -0.15) is 0 Å². The zero-order valence-corrected chi connectivity index (χ0v) is 19.1. The first-order valence-corrected chi connectivity index (χ1v) is 12.1. The molecule has 6 nitrogen and oxygen atoms in total. The minimum atomic E-state index is 0.0771. The number of likely N-dealkylation sites (tertiary alicyclic amines) is 1. The normalized spacial score (nSPS) is 22.1. The third-order valence-electron chi connectivity index (χ3n) is 6.65. The Morgan fingerprint density at radius 3 is 2.42 bits per heavy atom. The lowest BCUT2D eigenvalue weighted by molar-refractivity contribution is -0.134. The fraction of sp³-hybridized carbons (Fsp3) is 0.680. The molecule has 2 amide bonds. The molecule has 3 rings (SSSR count). The van der Waals surface area contributed by atoms with Crippen LogP contribution in [0.1, 0.15) is 63.9 Å². The largest absolute Gasteiger partial charge is 0.396 e. The summed E-state index contributed by atoms with van der Waals surface area (Å²) in [6.07, 6.45) is 8.81. The summed E-state index contributed by atoms with van der Waals surface area (Å²) in [4.78, 5) is 31.6. The van der Waals surface area contributed by atoms with E-state index in [1.807, 2.05) is 28.0 Å². The number of anilines is 1. The molecule has 31 heavy (non-hydrogen) atoms. The van der Waals surface area contributed by atoms with E-state index in [1.165, 1.54) is 19.3 Å². The highest BCUT2D eigenvalue weighted by Crippen LogP contribution is 2.24. The molecule has 1 aromatic rings. The average molecular weight is 430 g/mol. The van der Waals surface area contributed by atoms with Crippen LogP contribution in [-0.4, -0.2) is 66.1 Å². The minimum Gasteiger partial charge on any atom is -0.396 e. The number of fused-ring (bicyclic) bond motifs is 1. The van der Waals surface area contributed by atoms with Gasteiger partial charge in [-0.15, -0.1) is 0 Å². The Bertz CT molecular complexity index is 724. The molecular formula is C25H39N3O3. The molecular weight excluding hydrogens is 390 g/mol. The second-order valence-electron chi connectivity index (χ2n) is 9.16. The number of aliphatic hydroxyl groups excluding tert-OH is 1. The van der Waals surface area contributed by atoms with Gasteiger partial charge in [0.25, 0.3) is 0 Å². The van der Waals surface area contributed by atoms with Gasteiger partial charge in [-0.1, -0.05) is 43.9 Å². The number of rotatable bonds is 3. The van der Waals surface area contributed by atoms with Crippen molar-refractivity contribution < 1.29 is 14.7 Å². The second-order valence-corrected chi connectivity index (χ2v) is 9.16. The fourth-order valence-corrected chi connectivity index (χ4v) is 4.85. The van der Waals surface area contributed by atoms with Crippen LogP contribution >= 0.6 is 0 Å². The van der Waals surface area contributed by atoms with E-state index >= 15 is 0 Å². The number of nitrogens with zero attached hydrogens (tertiary/aromatic N) is 3. The number of amides is 2. The smallest absolute Gasteiger partial charge is 0.236 e. The van der Waals surface area contributed by atoms with Crippen molar-refractivity contribution in [3.63, 3.8) is 0 Å². The average Bonchev–Trinajstić information content (AvgIpc) is 2.79. The van der Waals surface area contributed by atoms with Crippen LogP contribution in [0.15, 0.2) is 24.3 Å². The Morgan fingerprint density at radius 1 is 0.968 bits per heavy atom. The molecule has 1 saturated heterocycles. The molecule has 2 aliphatic rings. The van der Waals surface area contributed by atoms with Gasteiger partial charge < -0.3 is 14.9 Å². The summed E-state index contributed by atoms with van der Waals surface area (Å²) in [5.74, 6) is 0.439. The summed E-state index contributed by atoms with van der Waals surface area (Å²) < 4.78 is 0. The molecule has 1 unspecified atom stereocenters. The van der Waals surface area contributed by atoms with Crippen LogP contribution in [0.3, 0.4) is 0 Å². The third-order valence-corrected chi connectivity index (χ3v) is 6.65. The summed E-state index contributed by atoms with van der Waals surface area (Å²) in [7, 11) is 0. The molecule has 2 aliphatic heterocycles. The predicted molar refractivity (Wildman–Crippen MR) is 124 cm³/mol. The molecule has 0 radical (unpaired) electrons. The zero-order valence-electron chi connectivity index (χ0n) is 19.1. The van der Waals surface area contributed by atoms with Gasteiger partial charge in [0.05, 0.1) is 6.54 Å². The van der Waals surface area contributed by atoms with Crippen molar-refractivity contribution in [3.8, 4) is 0 Å². The molecule has 1 atom stereocenters. The highest BCUT2D eigenvalue weighted by molar-refractivity contribution is 5.92. The van der Waals surface area contributed by atoms with Crippen molar-refractivity contribution in [2.45, 2.75) is 64.8 Å². The van der Waals surface area contributed by atoms with Gasteiger partial charge in [0, 0.05) is 45.4 Å². The first-order chi connectivity index (χ1) is 15.1. The Hall–Kier alpha value is -1.92. The Balaban J connectivity index is 1.76. The number of hydrogen-bond donors (Lipinski definition) is 1. The van der Waals surface area contributed by atoms with Gasteiger partial charge in [-0.3, -0.25) is 14.5 Å². The minimum absolute atomic E-state index is 0.0771. The predicted octanol–water partition coefficient (Wildman–Crippen LogP) is 3.43. The summed E-state index contributed by atoms with van der Waals surface area (Å²) in [5, 5.41) is 9.51. The number of benzene rings is 1. The zero-order chi connectivity index (χ0) is 22.1. The van der Waals surface area contributed by atoms with Gasteiger partial charge in [0.2, 0.25) is 11.8 Å². The SMILES string of the molecule is CC(=O)N1CCCCCCCCN(CC(=O)N2CCCC(CO)C2)Cc2ccccc21. The second kappa shape index (κ2) is 12.2. The topological polar surface area (TPSA) is 64.1 Å². The van der Waals surface area contributed by atoms with Crippen molar-refractivity contribution in [2.75, 3.05) is 44.2 Å². The fourth-order valence-electron chi connectivity index (χ4n) is 4.85. The van der Waals surface area contributed by atoms with Crippen molar-refractivity contribution in [1.82, 2.24) is 9.80 Å². The third kappa shape index (κ3) is 7.04. The molecule has 0 spiro atoms. The van der Waals surface area contributed by atoms with E-state index in [9.17, 15) is 14.7 Å². The number of hydrogen-bond acceptors (Lipinski definition) is 4. The van der Waals surface area contributed by atoms with E-state index in [2.05, 4.69) is 11.0 Å². The summed E-state index contributed by atoms with van der Waals surface area (Å²) >= 11 is 0. The first-order valence-electron chi connectivity index (χ1n) is 12.1. The number of aliphatic hydroxyl groups is 1. The molecule has 6 heteroatoms. The van der Waals surface area contributed by atoms with Crippen LogP contribution in [0.2, 0.25) is 0 Å². The van der Waals surface area contributed by atoms with Crippen molar-refractivity contribution in [2.24, 2.45) is 5.92 Å². The van der Waals surface area contributed by atoms with Gasteiger partial charge in [-0.25, -0.2) is 0 Å². The molecule has 1 N–H and O–H groups in total. The first kappa shape index (κ1) is 23.7. The summed E-state index contributed by atoms with van der Waals surface area (Å²) in [6.45, 7) is 5.95. The maximum atomic E-state index is 13.1. The molecule has 0 saturated carbocycles. The van der Waals surface area contributed by atoms with Crippen molar-refractivity contribution in [1.29, 1.82) is 0 Å². The molecule has 0 aliphatic carbocycles. The van der Waals surface area contributed by atoms with Crippen LogP contribution in [0.4, 0.5) is 5.69 Å². The van der Waals surface area contributed by atoms with E-state index in [4.69, 9.17) is 0 Å². The maximum absolute atomic E-state index is 13.1. The van der Waals surface area contributed by atoms with Gasteiger partial charge in [-0.05, 0) is 49.8 Å². The number of carbonyl (C=O) groups is 2. The summed E-state index contributed by atoms with van der Waals surface area (Å²) in [6, 6.07) is 8.13. The van der Waals surface area contributed by atoms with Crippen LogP contribution in [0.5, 0.6) is 0 Å². The van der Waals surface area contributed by atoms with E-state index < -0.39 is 0 Å². The standard InChI is InChI=1S/C25H39N3O3/c1-21(30)28-16-9-5-3-2-4-8-14-26(18-23-12-6-7-13-24(23)28)19-25(31)27-15-10-11-22(17-27)20-29/h6-7,12-13,22,29H,2-5,8-11,14-20H2,1H3. The highest BCUT2D eigenvalue weighted by Gasteiger charge is 2.25. The molecule has 1 fully saturated rings. The molecule has 172 valence electrons. The summed E-state index contributed by atoms with van der Waals surface area (Å²) in [5.41, 5.74) is 2.08. The van der Waals surface area contributed by atoms with Crippen molar-refractivity contribution in [3.05, 3.63) is 29.8 Å². The molecule has 0 aromatic heterocycles. The van der Waals surface area contributed by atoms with E-state index in [1.54, 1.807) is 6.92 Å². The number of para-hydroxylation sites is 1. The van der Waals surface area contributed by atoms with Crippen LogP contribution in [-0.2, 0) is 16.1 Å². The lowest BCUT2D eigenvalue weighted by Gasteiger charge is -2.34. The lowest BCUT2D eigenvalue weighted by Crippen LogP contribution is -2.46. The van der Waals surface area contributed by atoms with Gasteiger partial charge in [0.15, 0.2) is 0 Å². The van der Waals surface area contributed by atoms with Crippen LogP contribution in [0, 0.1) is 5.92 Å². The number of carbonyl (C=O) groups excluding carboxylic acids is 2. The number of piperidine rings is 1. The highest BCUT2D eigenvalue weighted by atomic mass is 16.3. The van der Waals surface area contributed by atoms with Gasteiger partial charge in [0.1, 0.15) is 0 Å². The van der Waals surface area contributed by atoms with Gasteiger partial charge >= 0.3 is 0 Å². The van der Waals surface area contributed by atoms with E-state index in [-0.39, 0.29) is 24.3 Å². The lowest BCUT2D eigenvalue weighted by atomic mass is 9.99. The Labute approximate surface area is 187 Å². The molecule has 0 bridgehead atoms. The Kier molecular flexibility index (Phi) is 9.34.